The smallest absolute Gasteiger partial charge is 0.304 e. The van der Waals surface area contributed by atoms with E-state index < -0.39 is 11.9 Å². The van der Waals surface area contributed by atoms with E-state index in [1.54, 1.807) is 21.6 Å². The molecule has 0 spiro atoms. The van der Waals surface area contributed by atoms with E-state index in [0.29, 0.717) is 32.3 Å². The minimum Gasteiger partial charge on any atom is -0.481 e. The van der Waals surface area contributed by atoms with Crippen molar-refractivity contribution in [2.75, 3.05) is 31.1 Å². The number of carbonyl (C=O) groups excluding carboxylic acids is 2. The molecule has 0 radical (unpaired) electrons. The Kier molecular flexibility index (Phi) is 27.0. The van der Waals surface area contributed by atoms with Gasteiger partial charge in [0.15, 0.2) is 0 Å². The number of allylic oxidation sites excluding steroid dienone is 10. The van der Waals surface area contributed by atoms with Crippen LogP contribution >= 0.6 is 21.6 Å². The molecule has 0 rings (SSSR count). The second kappa shape index (κ2) is 28.5. The predicted octanol–water partition coefficient (Wildman–Crippen LogP) is 6.29. The largest absolute Gasteiger partial charge is 0.481 e. The number of unbranched alkanes of at least 4 members (excludes halogenated alkanes) is 1. The van der Waals surface area contributed by atoms with Crippen LogP contribution in [-0.4, -0.2) is 54.4 Å². The summed E-state index contributed by atoms with van der Waals surface area (Å²) in [6, 6.07) is 0. The number of carboxylic acid groups (broad SMARTS) is 1. The Labute approximate surface area is 232 Å². The number of aldehydes is 1. The molecule has 0 saturated heterocycles. The first-order valence-electron chi connectivity index (χ1n) is 13.2. The van der Waals surface area contributed by atoms with Gasteiger partial charge in [0.2, 0.25) is 5.91 Å². The van der Waals surface area contributed by atoms with Crippen LogP contribution in [0, 0.1) is 5.92 Å². The lowest BCUT2D eigenvalue weighted by atomic mass is 10.1. The van der Waals surface area contributed by atoms with E-state index >= 15 is 0 Å². The summed E-state index contributed by atoms with van der Waals surface area (Å²) in [5.74, 6) is 0.343. The molecule has 0 aliphatic rings. The van der Waals surface area contributed by atoms with Gasteiger partial charge < -0.3 is 20.5 Å². The molecule has 1 atom stereocenters. The van der Waals surface area contributed by atoms with Gasteiger partial charge in [-0.05, 0) is 44.9 Å². The molecule has 0 aromatic carbocycles. The summed E-state index contributed by atoms with van der Waals surface area (Å²) < 4.78 is 0. The first-order valence-corrected chi connectivity index (χ1v) is 15.7. The minimum absolute atomic E-state index is 0.0953. The van der Waals surface area contributed by atoms with Gasteiger partial charge in [0.05, 0.1) is 6.42 Å². The predicted molar refractivity (Wildman–Crippen MR) is 161 cm³/mol. The SMILES string of the molecule is CCC=CCC=CCC=CCC=CCC=CCCCC(=O)NCCSSCCNCC(C=O)CC(=O)O. The molecule has 0 bridgehead atoms. The Morgan fingerprint density at radius 1 is 0.811 bits per heavy atom. The van der Waals surface area contributed by atoms with Crippen molar-refractivity contribution in [2.24, 2.45) is 5.92 Å². The molecule has 0 heterocycles. The van der Waals surface area contributed by atoms with Crippen molar-refractivity contribution in [1.29, 1.82) is 0 Å². The molecule has 1 unspecified atom stereocenters. The summed E-state index contributed by atoms with van der Waals surface area (Å²) in [4.78, 5) is 33.3. The van der Waals surface area contributed by atoms with Gasteiger partial charge in [0.25, 0.3) is 0 Å². The van der Waals surface area contributed by atoms with Crippen LogP contribution in [0.5, 0.6) is 0 Å². The van der Waals surface area contributed by atoms with Crippen molar-refractivity contribution < 1.29 is 19.5 Å². The van der Waals surface area contributed by atoms with Gasteiger partial charge in [-0.15, -0.1) is 0 Å². The van der Waals surface area contributed by atoms with E-state index in [2.05, 4.69) is 78.3 Å². The van der Waals surface area contributed by atoms with Gasteiger partial charge in [0.1, 0.15) is 6.29 Å². The van der Waals surface area contributed by atoms with Crippen LogP contribution in [-0.2, 0) is 14.4 Å². The number of carboxylic acids is 1. The Bertz CT molecular complexity index is 733. The molecule has 0 aromatic heterocycles. The second-order valence-corrected chi connectivity index (χ2v) is 11.0. The number of rotatable bonds is 25. The van der Waals surface area contributed by atoms with Gasteiger partial charge in [-0.1, -0.05) is 89.3 Å². The molecule has 208 valence electrons. The zero-order chi connectivity index (χ0) is 27.2. The van der Waals surface area contributed by atoms with E-state index in [-0.39, 0.29) is 12.3 Å². The van der Waals surface area contributed by atoms with E-state index in [1.807, 2.05) is 0 Å². The fourth-order valence-corrected chi connectivity index (χ4v) is 4.84. The number of hydrogen-bond acceptors (Lipinski definition) is 6. The number of hydrogen-bond donors (Lipinski definition) is 3. The lowest BCUT2D eigenvalue weighted by Gasteiger charge is -2.09. The van der Waals surface area contributed by atoms with Crippen LogP contribution in [0.1, 0.15) is 64.7 Å². The number of nitrogens with one attached hydrogen (secondary N) is 2. The number of carbonyl (C=O) groups is 3. The Balaban J connectivity index is 3.50. The monoisotopic (exact) mass is 550 g/mol. The summed E-state index contributed by atoms with van der Waals surface area (Å²) in [6.45, 7) is 3.89. The topological polar surface area (TPSA) is 95.5 Å². The van der Waals surface area contributed by atoms with E-state index in [9.17, 15) is 14.4 Å². The molecule has 0 aromatic rings. The van der Waals surface area contributed by atoms with Gasteiger partial charge in [-0.2, -0.15) is 0 Å². The summed E-state index contributed by atoms with van der Waals surface area (Å²) >= 11 is 0. The molecule has 37 heavy (non-hydrogen) atoms. The van der Waals surface area contributed by atoms with Crippen molar-refractivity contribution in [3.8, 4) is 0 Å². The maximum atomic E-state index is 11.9. The highest BCUT2D eigenvalue weighted by atomic mass is 33.1. The third-order valence-electron chi connectivity index (χ3n) is 4.92. The Morgan fingerprint density at radius 2 is 1.35 bits per heavy atom. The Hall–Kier alpha value is -2.03. The molecular formula is C29H46N2O4S2. The molecule has 0 aliphatic heterocycles. The Morgan fingerprint density at radius 3 is 1.89 bits per heavy atom. The molecule has 0 saturated carbocycles. The average molecular weight is 551 g/mol. The maximum absolute atomic E-state index is 11.9. The van der Waals surface area contributed by atoms with E-state index in [4.69, 9.17) is 5.11 Å². The lowest BCUT2D eigenvalue weighted by Crippen LogP contribution is -2.27. The fraction of sp³-hybridized carbons (Fsp3) is 0.552. The highest BCUT2D eigenvalue weighted by Crippen LogP contribution is 2.19. The summed E-state index contributed by atoms with van der Waals surface area (Å²) in [7, 11) is 3.39. The van der Waals surface area contributed by atoms with Gasteiger partial charge in [-0.25, -0.2) is 0 Å². The highest BCUT2D eigenvalue weighted by molar-refractivity contribution is 8.76. The quantitative estimate of drug-likeness (QED) is 0.0532. The van der Waals surface area contributed by atoms with Crippen molar-refractivity contribution in [3.63, 3.8) is 0 Å². The zero-order valence-corrected chi connectivity index (χ0v) is 23.9. The molecule has 1 amide bonds. The standard InChI is InChI=1S/C29H46N2O4S2/c1-2-3-4-5-6-7-8-9-10-11-12-13-14-15-16-17-18-19-28(33)31-21-23-37-36-22-20-30-25-27(26-32)24-29(34)35/h3-4,6-7,9-10,12-13,15-16,26-27,30H,2,5,8,11,14,17-25H2,1H3,(H,31,33)(H,34,35). The fourth-order valence-electron chi connectivity index (χ4n) is 2.98. The van der Waals surface area contributed by atoms with E-state index in [0.717, 1.165) is 56.5 Å². The third-order valence-corrected chi connectivity index (χ3v) is 7.33. The van der Waals surface area contributed by atoms with Gasteiger partial charge >= 0.3 is 5.97 Å². The summed E-state index contributed by atoms with van der Waals surface area (Å²) in [6.07, 6.45) is 29.7. The first-order chi connectivity index (χ1) is 18.1. The summed E-state index contributed by atoms with van der Waals surface area (Å²) in [5, 5.41) is 14.8. The van der Waals surface area contributed by atoms with Gasteiger partial charge in [-0.3, -0.25) is 9.59 Å². The molecule has 6 nitrogen and oxygen atoms in total. The molecule has 3 N–H and O–H groups in total. The molecule has 0 fully saturated rings. The van der Waals surface area contributed by atoms with Crippen LogP contribution in [0.3, 0.4) is 0 Å². The number of amides is 1. The zero-order valence-electron chi connectivity index (χ0n) is 22.3. The third kappa shape index (κ3) is 28.4. The highest BCUT2D eigenvalue weighted by Gasteiger charge is 2.11. The van der Waals surface area contributed by atoms with Crippen LogP contribution in [0.15, 0.2) is 60.8 Å². The van der Waals surface area contributed by atoms with Crippen LogP contribution < -0.4 is 10.6 Å². The summed E-state index contributed by atoms with van der Waals surface area (Å²) in [5.41, 5.74) is 0. The van der Waals surface area contributed by atoms with Crippen molar-refractivity contribution in [2.45, 2.75) is 64.7 Å². The second-order valence-electron chi connectivity index (χ2n) is 8.29. The van der Waals surface area contributed by atoms with Crippen molar-refractivity contribution in [3.05, 3.63) is 60.8 Å². The van der Waals surface area contributed by atoms with Crippen molar-refractivity contribution in [1.82, 2.24) is 10.6 Å². The van der Waals surface area contributed by atoms with Crippen molar-refractivity contribution >= 4 is 39.8 Å². The van der Waals surface area contributed by atoms with Crippen LogP contribution in [0.25, 0.3) is 0 Å². The molecule has 0 aliphatic carbocycles. The average Bonchev–Trinajstić information content (AvgIpc) is 2.88. The molecular weight excluding hydrogens is 504 g/mol. The maximum Gasteiger partial charge on any atom is 0.304 e. The van der Waals surface area contributed by atoms with Gasteiger partial charge in [0, 0.05) is 43.5 Å². The lowest BCUT2D eigenvalue weighted by molar-refractivity contribution is -0.139. The molecule has 8 heteroatoms. The van der Waals surface area contributed by atoms with Crippen LogP contribution in [0.2, 0.25) is 0 Å². The normalized spacial score (nSPS) is 13.0. The first kappa shape index (κ1) is 35.0. The van der Waals surface area contributed by atoms with E-state index in [1.165, 1.54) is 0 Å². The number of aliphatic carboxylic acids is 1. The minimum atomic E-state index is -0.958. The van der Waals surface area contributed by atoms with Crippen LogP contribution in [0.4, 0.5) is 0 Å².